The maximum absolute atomic E-state index is 13.9. The van der Waals surface area contributed by atoms with E-state index in [-0.39, 0.29) is 11.9 Å². The van der Waals surface area contributed by atoms with Gasteiger partial charge in [-0.15, -0.1) is 0 Å². The van der Waals surface area contributed by atoms with Crippen LogP contribution in [0.2, 0.25) is 10.0 Å². The van der Waals surface area contributed by atoms with Crippen molar-refractivity contribution in [1.29, 1.82) is 0 Å². The fraction of sp³-hybridized carbons (Fsp3) is 0.583. The van der Waals surface area contributed by atoms with Crippen LogP contribution in [-0.4, -0.2) is 87.3 Å². The summed E-state index contributed by atoms with van der Waals surface area (Å²) in [6.45, 7) is 3.04. The molecule has 1 atom stereocenters. The number of fused-ring (bicyclic) bond motifs is 1. The minimum Gasteiger partial charge on any atom is -0.544 e. The quantitative estimate of drug-likeness (QED) is 0.168. The molecule has 1 aliphatic heterocycles. The van der Waals surface area contributed by atoms with E-state index in [0.29, 0.717) is 66.0 Å². The second-order valence-corrected chi connectivity index (χ2v) is 15.2. The third-order valence-corrected chi connectivity index (χ3v) is 10.5. The van der Waals surface area contributed by atoms with Crippen LogP contribution in [0.5, 0.6) is 0 Å². The number of carbonyl (C=O) groups is 3. The number of hydrogen-bond donors (Lipinski definition) is 3. The maximum atomic E-state index is 13.9. The van der Waals surface area contributed by atoms with E-state index in [1.54, 1.807) is 0 Å². The van der Waals surface area contributed by atoms with Crippen molar-refractivity contribution in [2.75, 3.05) is 57.1 Å². The lowest BCUT2D eigenvalue weighted by Gasteiger charge is -2.39. The molecule has 0 spiro atoms. The molecule has 1 heterocycles. The first-order valence-electron chi connectivity index (χ1n) is 17.3. The summed E-state index contributed by atoms with van der Waals surface area (Å²) >= 11 is 13.4. The summed E-state index contributed by atoms with van der Waals surface area (Å²) in [6.07, 6.45) is 8.30. The van der Waals surface area contributed by atoms with Crippen LogP contribution in [0.15, 0.2) is 36.4 Å². The van der Waals surface area contributed by atoms with E-state index in [2.05, 4.69) is 39.0 Å². The minimum atomic E-state index is -1.04. The van der Waals surface area contributed by atoms with Gasteiger partial charge in [-0.1, -0.05) is 35.3 Å². The number of benzene rings is 2. The highest BCUT2D eigenvalue weighted by atomic mass is 35.5. The van der Waals surface area contributed by atoms with Gasteiger partial charge in [0.15, 0.2) is 0 Å². The van der Waals surface area contributed by atoms with Crippen LogP contribution < -0.4 is 30.9 Å². The number of quaternary nitrogens is 1. The van der Waals surface area contributed by atoms with E-state index in [4.69, 9.17) is 23.2 Å². The average molecular weight is 702 g/mol. The molecule has 0 radical (unpaired) electrons. The molecule has 0 bridgehead atoms. The first-order chi connectivity index (χ1) is 22.9. The van der Waals surface area contributed by atoms with Crippen LogP contribution in [-0.2, 0) is 22.6 Å². The number of aliphatic carboxylic acids is 1. The SMILES string of the molecule is C[N+](C)(C)[C@H](CCCCNC(=O)NCCCCc1cc(Cl)c(CNC2(C(=O)N3CCN(C4CC4)c4ccccc43)CC2)cc1Cl)C(=O)[O-]. The van der Waals surface area contributed by atoms with E-state index in [9.17, 15) is 19.5 Å². The van der Waals surface area contributed by atoms with Crippen LogP contribution in [0.4, 0.5) is 16.2 Å². The highest BCUT2D eigenvalue weighted by Gasteiger charge is 2.52. The summed E-state index contributed by atoms with van der Waals surface area (Å²) in [6, 6.07) is 11.9. The largest absolute Gasteiger partial charge is 0.544 e. The summed E-state index contributed by atoms with van der Waals surface area (Å²) < 4.78 is 0.312. The second-order valence-electron chi connectivity index (χ2n) is 14.4. The van der Waals surface area contributed by atoms with E-state index in [0.717, 1.165) is 61.2 Å². The Morgan fingerprint density at radius 2 is 1.54 bits per heavy atom. The molecule has 2 aromatic carbocycles. The van der Waals surface area contributed by atoms with Gasteiger partial charge in [-0.05, 0) is 93.2 Å². The van der Waals surface area contributed by atoms with Gasteiger partial charge in [0.1, 0.15) is 6.04 Å². The Balaban J connectivity index is 1.02. The van der Waals surface area contributed by atoms with Gasteiger partial charge in [0.05, 0.1) is 44.0 Å². The van der Waals surface area contributed by atoms with Gasteiger partial charge in [-0.3, -0.25) is 10.1 Å². The first-order valence-corrected chi connectivity index (χ1v) is 18.1. The summed E-state index contributed by atoms with van der Waals surface area (Å²) in [5.74, 6) is -0.909. The zero-order valence-corrected chi connectivity index (χ0v) is 30.0. The highest BCUT2D eigenvalue weighted by Crippen LogP contribution is 2.44. The molecule has 3 amide bonds. The number of rotatable bonds is 17. The monoisotopic (exact) mass is 700 g/mol. The molecule has 0 saturated heterocycles. The molecule has 3 N–H and O–H groups in total. The van der Waals surface area contributed by atoms with Gasteiger partial charge in [0, 0.05) is 55.2 Å². The zero-order valence-electron chi connectivity index (χ0n) is 28.5. The number of carbonyl (C=O) groups excluding carboxylic acids is 3. The Morgan fingerprint density at radius 3 is 2.17 bits per heavy atom. The molecule has 2 fully saturated rings. The van der Waals surface area contributed by atoms with Crippen LogP contribution in [0.25, 0.3) is 0 Å². The number of nitrogens with one attached hydrogen (secondary N) is 3. The summed E-state index contributed by atoms with van der Waals surface area (Å²) in [7, 11) is 5.52. The third-order valence-electron chi connectivity index (χ3n) is 9.83. The topological polar surface area (TPSA) is 117 Å². The van der Waals surface area contributed by atoms with Gasteiger partial charge in [0.25, 0.3) is 0 Å². The molecular formula is C36H50Cl2N6O4. The first kappa shape index (κ1) is 36.2. The molecule has 3 aliphatic rings. The van der Waals surface area contributed by atoms with E-state index in [1.165, 1.54) is 12.8 Å². The Hall–Kier alpha value is -3.05. The fourth-order valence-electron chi connectivity index (χ4n) is 6.62. The van der Waals surface area contributed by atoms with Crippen molar-refractivity contribution in [2.45, 2.75) is 88.4 Å². The van der Waals surface area contributed by atoms with Crippen LogP contribution in [0.3, 0.4) is 0 Å². The van der Waals surface area contributed by atoms with Gasteiger partial charge < -0.3 is 34.8 Å². The smallest absolute Gasteiger partial charge is 0.314 e. The molecule has 0 unspecified atom stereocenters. The predicted octanol–water partition coefficient (Wildman–Crippen LogP) is 4.25. The predicted molar refractivity (Wildman–Crippen MR) is 189 cm³/mol. The van der Waals surface area contributed by atoms with Crippen molar-refractivity contribution >= 4 is 52.5 Å². The summed E-state index contributed by atoms with van der Waals surface area (Å²) in [5.41, 5.74) is 3.42. The van der Waals surface area contributed by atoms with E-state index in [1.807, 2.05) is 44.2 Å². The molecular weight excluding hydrogens is 651 g/mol. The van der Waals surface area contributed by atoms with Crippen molar-refractivity contribution in [3.05, 3.63) is 57.6 Å². The number of halogens is 2. The molecule has 5 rings (SSSR count). The number of anilines is 2. The lowest BCUT2D eigenvalue weighted by Crippen LogP contribution is -2.54. The maximum Gasteiger partial charge on any atom is 0.314 e. The van der Waals surface area contributed by atoms with E-state index >= 15 is 0 Å². The Bertz CT molecular complexity index is 1470. The number of urea groups is 1. The van der Waals surface area contributed by atoms with Crippen molar-refractivity contribution in [2.24, 2.45) is 0 Å². The second kappa shape index (κ2) is 15.7. The Kier molecular flexibility index (Phi) is 11.8. The number of aryl methyl sites for hydroxylation is 1. The number of amides is 3. The normalized spacial score (nSPS) is 17.4. The number of hydrogen-bond acceptors (Lipinski definition) is 6. The van der Waals surface area contributed by atoms with Gasteiger partial charge in [0.2, 0.25) is 5.91 Å². The number of likely N-dealkylation sites (N-methyl/N-ethyl adjacent to an activating group) is 1. The molecule has 2 aliphatic carbocycles. The molecule has 262 valence electrons. The van der Waals surface area contributed by atoms with Crippen LogP contribution in [0.1, 0.15) is 68.9 Å². The molecule has 2 aromatic rings. The fourth-order valence-corrected chi connectivity index (χ4v) is 7.16. The average Bonchev–Trinajstić information content (AvgIpc) is 3.98. The molecule has 12 heteroatoms. The van der Waals surface area contributed by atoms with Crippen molar-refractivity contribution < 1.29 is 24.0 Å². The summed E-state index contributed by atoms with van der Waals surface area (Å²) in [4.78, 5) is 41.8. The van der Waals surface area contributed by atoms with Crippen molar-refractivity contribution in [1.82, 2.24) is 16.0 Å². The van der Waals surface area contributed by atoms with Crippen LogP contribution >= 0.6 is 23.2 Å². The lowest BCUT2D eigenvalue weighted by molar-refractivity contribution is -0.889. The Labute approximate surface area is 294 Å². The zero-order chi connectivity index (χ0) is 34.5. The number of carboxylic acid groups (broad SMARTS) is 1. The van der Waals surface area contributed by atoms with Gasteiger partial charge >= 0.3 is 6.03 Å². The molecule has 0 aromatic heterocycles. The van der Waals surface area contributed by atoms with Gasteiger partial charge in [-0.2, -0.15) is 0 Å². The van der Waals surface area contributed by atoms with Crippen molar-refractivity contribution in [3.63, 3.8) is 0 Å². The number of nitrogens with zero attached hydrogens (tertiary/aromatic N) is 3. The minimum absolute atomic E-state index is 0.133. The highest BCUT2D eigenvalue weighted by molar-refractivity contribution is 6.34. The van der Waals surface area contributed by atoms with Crippen molar-refractivity contribution in [3.8, 4) is 0 Å². The molecule has 2 saturated carbocycles. The number of para-hydroxylation sites is 2. The number of carboxylic acids is 1. The molecule has 10 nitrogen and oxygen atoms in total. The standard InChI is InChI=1S/C36H50Cl2N6O4/c1-44(2,3)32(33(45)46)13-7-9-19-40-35(48)39-18-8-6-10-25-22-29(38)26(23-28(25)37)24-41-36(16-17-36)34(47)43-21-20-42(27-14-15-27)30-11-4-5-12-31(30)43/h4-5,11-12,22-23,27,32,41H,6-10,13-21,24H2,1-3H3,(H2-,39,40,45,46,48)/t32-/m1/s1. The third kappa shape index (κ3) is 9.14. The van der Waals surface area contributed by atoms with Gasteiger partial charge in [-0.25, -0.2) is 4.79 Å². The van der Waals surface area contributed by atoms with Crippen LogP contribution in [0, 0.1) is 0 Å². The summed E-state index contributed by atoms with van der Waals surface area (Å²) in [5, 5.41) is 21.9. The molecule has 48 heavy (non-hydrogen) atoms. The Morgan fingerprint density at radius 1 is 0.917 bits per heavy atom. The van der Waals surface area contributed by atoms with E-state index < -0.39 is 17.6 Å². The number of unbranched alkanes of at least 4 members (excludes halogenated alkanes) is 2. The lowest BCUT2D eigenvalue weighted by atomic mass is 10.0.